The van der Waals surface area contributed by atoms with Gasteiger partial charge in [0.15, 0.2) is 0 Å². The Morgan fingerprint density at radius 3 is 2.53 bits per heavy atom. The van der Waals surface area contributed by atoms with Crippen LogP contribution in [0.3, 0.4) is 0 Å². The number of ether oxygens (including phenoxy) is 1. The van der Waals surface area contributed by atoms with Gasteiger partial charge in [-0.2, -0.15) is 0 Å². The van der Waals surface area contributed by atoms with Crippen LogP contribution in [-0.2, 0) is 0 Å². The van der Waals surface area contributed by atoms with E-state index in [1.165, 1.54) is 0 Å². The highest BCUT2D eigenvalue weighted by atomic mass is 16.5. The molecule has 0 aromatic heterocycles. The molecular weight excluding hydrogens is 238 g/mol. The van der Waals surface area contributed by atoms with Crippen LogP contribution >= 0.6 is 0 Å². The van der Waals surface area contributed by atoms with Crippen LogP contribution in [0.5, 0.6) is 5.75 Å². The van der Waals surface area contributed by atoms with E-state index in [0.29, 0.717) is 5.96 Å². The maximum absolute atomic E-state index is 6.01. The van der Waals surface area contributed by atoms with E-state index in [1.807, 2.05) is 66.5 Å². The number of anilines is 1. The van der Waals surface area contributed by atoms with Crippen LogP contribution in [0.2, 0.25) is 0 Å². The van der Waals surface area contributed by atoms with E-state index in [1.54, 1.807) is 7.11 Å². The Hall–Kier alpha value is -2.49. The Morgan fingerprint density at radius 1 is 1.11 bits per heavy atom. The Balaban J connectivity index is 2.23. The summed E-state index contributed by atoms with van der Waals surface area (Å²) < 4.78 is 5.20. The first kappa shape index (κ1) is 13.0. The summed E-state index contributed by atoms with van der Waals surface area (Å²) in [6, 6.07) is 17.3. The van der Waals surface area contributed by atoms with Crippen LogP contribution in [0, 0.1) is 0 Å². The van der Waals surface area contributed by atoms with Crippen LogP contribution in [-0.4, -0.2) is 20.1 Å². The Morgan fingerprint density at radius 2 is 1.84 bits per heavy atom. The molecule has 0 aliphatic rings. The molecule has 2 aromatic rings. The van der Waals surface area contributed by atoms with Crippen molar-refractivity contribution in [3.05, 3.63) is 54.6 Å². The van der Waals surface area contributed by atoms with E-state index in [9.17, 15) is 0 Å². The summed E-state index contributed by atoms with van der Waals surface area (Å²) in [5.41, 5.74) is 7.76. The Kier molecular flexibility index (Phi) is 4.03. The maximum atomic E-state index is 6.01. The Bertz CT molecular complexity index is 567. The van der Waals surface area contributed by atoms with Gasteiger partial charge in [-0.1, -0.05) is 24.3 Å². The van der Waals surface area contributed by atoms with Crippen molar-refractivity contribution in [2.24, 2.45) is 10.7 Å². The van der Waals surface area contributed by atoms with E-state index in [0.717, 1.165) is 17.1 Å². The largest absolute Gasteiger partial charge is 0.497 e. The molecule has 0 radical (unpaired) electrons. The topological polar surface area (TPSA) is 50.9 Å². The number of benzene rings is 2. The number of hydrogen-bond donors (Lipinski definition) is 1. The average Bonchev–Trinajstić information content (AvgIpc) is 2.47. The van der Waals surface area contributed by atoms with Crippen LogP contribution < -0.4 is 15.4 Å². The minimum absolute atomic E-state index is 0.430. The highest BCUT2D eigenvalue weighted by molar-refractivity contribution is 5.96. The molecule has 0 aliphatic heterocycles. The molecule has 2 rings (SSSR count). The van der Waals surface area contributed by atoms with Gasteiger partial charge in [0.2, 0.25) is 5.96 Å². The second-order valence-electron chi connectivity index (χ2n) is 4.07. The third-order valence-corrected chi connectivity index (χ3v) is 2.78. The third kappa shape index (κ3) is 3.25. The molecule has 2 N–H and O–H groups in total. The van der Waals surface area contributed by atoms with Gasteiger partial charge in [-0.15, -0.1) is 0 Å². The number of guanidine groups is 1. The first-order valence-electron chi connectivity index (χ1n) is 5.97. The van der Waals surface area contributed by atoms with Gasteiger partial charge in [0.1, 0.15) is 5.75 Å². The summed E-state index contributed by atoms with van der Waals surface area (Å²) in [4.78, 5) is 6.19. The Labute approximate surface area is 113 Å². The second kappa shape index (κ2) is 5.91. The molecule has 0 aliphatic carbocycles. The fourth-order valence-electron chi connectivity index (χ4n) is 1.66. The summed E-state index contributed by atoms with van der Waals surface area (Å²) in [6.45, 7) is 0. The van der Waals surface area contributed by atoms with E-state index >= 15 is 0 Å². The summed E-state index contributed by atoms with van der Waals surface area (Å²) in [5, 5.41) is 0. The van der Waals surface area contributed by atoms with Crippen LogP contribution in [0.4, 0.5) is 11.4 Å². The predicted octanol–water partition coefficient (Wildman–Crippen LogP) is 2.78. The van der Waals surface area contributed by atoms with E-state index in [4.69, 9.17) is 10.5 Å². The number of nitrogens with zero attached hydrogens (tertiary/aromatic N) is 2. The molecule has 0 saturated heterocycles. The smallest absolute Gasteiger partial charge is 0.200 e. The molecule has 0 atom stereocenters. The summed E-state index contributed by atoms with van der Waals surface area (Å²) in [5.74, 6) is 1.22. The number of hydrogen-bond acceptors (Lipinski definition) is 2. The van der Waals surface area contributed by atoms with Crippen LogP contribution in [0.1, 0.15) is 0 Å². The molecule has 4 nitrogen and oxygen atoms in total. The molecule has 0 heterocycles. The average molecular weight is 255 g/mol. The first-order valence-corrected chi connectivity index (χ1v) is 5.97. The van der Waals surface area contributed by atoms with Crippen molar-refractivity contribution in [1.29, 1.82) is 0 Å². The highest BCUT2D eigenvalue weighted by Crippen LogP contribution is 2.20. The first-order chi connectivity index (χ1) is 9.20. The lowest BCUT2D eigenvalue weighted by Crippen LogP contribution is -2.33. The lowest BCUT2D eigenvalue weighted by Gasteiger charge is -2.18. The zero-order valence-corrected chi connectivity index (χ0v) is 11.1. The quantitative estimate of drug-likeness (QED) is 0.677. The van der Waals surface area contributed by atoms with Gasteiger partial charge in [-0.3, -0.25) is 0 Å². The summed E-state index contributed by atoms with van der Waals surface area (Å²) in [6.07, 6.45) is 0. The highest BCUT2D eigenvalue weighted by Gasteiger charge is 2.06. The van der Waals surface area contributed by atoms with E-state index in [2.05, 4.69) is 4.99 Å². The van der Waals surface area contributed by atoms with Crippen LogP contribution in [0.15, 0.2) is 59.6 Å². The molecule has 0 spiro atoms. The fourth-order valence-corrected chi connectivity index (χ4v) is 1.66. The number of nitrogens with two attached hydrogens (primary N) is 1. The van der Waals surface area contributed by atoms with Crippen molar-refractivity contribution in [3.8, 4) is 5.75 Å². The molecule has 2 aromatic carbocycles. The molecule has 4 heteroatoms. The lowest BCUT2D eigenvalue weighted by molar-refractivity contribution is 0.415. The number of rotatable bonds is 3. The van der Waals surface area contributed by atoms with Crippen molar-refractivity contribution in [1.82, 2.24) is 0 Å². The molecule has 0 saturated carbocycles. The second-order valence-corrected chi connectivity index (χ2v) is 4.07. The van der Waals surface area contributed by atoms with E-state index in [-0.39, 0.29) is 0 Å². The zero-order valence-electron chi connectivity index (χ0n) is 11.1. The van der Waals surface area contributed by atoms with Crippen molar-refractivity contribution in [2.75, 3.05) is 19.1 Å². The number of methoxy groups -OCH3 is 1. The lowest BCUT2D eigenvalue weighted by atomic mass is 10.3. The normalized spacial score (nSPS) is 11.2. The zero-order chi connectivity index (χ0) is 13.7. The molecule has 0 bridgehead atoms. The number of para-hydroxylation sites is 1. The molecular formula is C15H17N3O. The summed E-state index contributed by atoms with van der Waals surface area (Å²) >= 11 is 0. The van der Waals surface area contributed by atoms with Crippen molar-refractivity contribution < 1.29 is 4.74 Å². The predicted molar refractivity (Wildman–Crippen MR) is 79.1 cm³/mol. The monoisotopic (exact) mass is 255 g/mol. The van der Waals surface area contributed by atoms with Crippen molar-refractivity contribution in [2.45, 2.75) is 0 Å². The van der Waals surface area contributed by atoms with Gasteiger partial charge in [-0.05, 0) is 24.3 Å². The SMILES string of the molecule is COc1cccc(N(C)C(N)=Nc2ccccc2)c1. The maximum Gasteiger partial charge on any atom is 0.200 e. The standard InChI is InChI=1S/C15H17N3O/c1-18(13-9-6-10-14(11-13)19-2)15(16)17-12-7-4-3-5-8-12/h3-11H,1-2H3,(H2,16,17). The van der Waals surface area contributed by atoms with Crippen LogP contribution in [0.25, 0.3) is 0 Å². The third-order valence-electron chi connectivity index (χ3n) is 2.78. The molecule has 0 unspecified atom stereocenters. The van der Waals surface area contributed by atoms with Gasteiger partial charge in [0.05, 0.1) is 12.8 Å². The van der Waals surface area contributed by atoms with Gasteiger partial charge in [0, 0.05) is 18.8 Å². The fraction of sp³-hybridized carbons (Fsp3) is 0.133. The number of aliphatic imine (C=N–C) groups is 1. The van der Waals surface area contributed by atoms with Gasteiger partial charge in [-0.25, -0.2) is 4.99 Å². The molecule has 0 amide bonds. The van der Waals surface area contributed by atoms with Gasteiger partial charge in [0.25, 0.3) is 0 Å². The minimum atomic E-state index is 0.430. The molecule has 19 heavy (non-hydrogen) atoms. The van der Waals surface area contributed by atoms with Crippen molar-refractivity contribution >= 4 is 17.3 Å². The minimum Gasteiger partial charge on any atom is -0.497 e. The summed E-state index contributed by atoms with van der Waals surface area (Å²) in [7, 11) is 3.51. The van der Waals surface area contributed by atoms with Crippen molar-refractivity contribution in [3.63, 3.8) is 0 Å². The van der Waals surface area contributed by atoms with E-state index < -0.39 is 0 Å². The van der Waals surface area contributed by atoms with Gasteiger partial charge >= 0.3 is 0 Å². The molecule has 98 valence electrons. The van der Waals surface area contributed by atoms with Gasteiger partial charge < -0.3 is 15.4 Å². The molecule has 0 fully saturated rings.